The van der Waals surface area contributed by atoms with Crippen molar-refractivity contribution in [2.75, 3.05) is 0 Å². The molecule has 0 bridgehead atoms. The highest BCUT2D eigenvalue weighted by atomic mass is 15.0. The summed E-state index contributed by atoms with van der Waals surface area (Å²) < 4.78 is 0. The highest BCUT2D eigenvalue weighted by molar-refractivity contribution is 5.87. The zero-order valence-electron chi connectivity index (χ0n) is 47.6. The van der Waals surface area contributed by atoms with Crippen LogP contribution in [0.4, 0.5) is 0 Å². The first-order chi connectivity index (χ1) is 39.7. The van der Waals surface area contributed by atoms with Crippen molar-refractivity contribution in [2.45, 2.75) is 96.3 Å². The molecule has 0 spiro atoms. The molecule has 13 rings (SSSR count). The molecule has 10 aromatic rings. The maximum absolute atomic E-state index is 5.18. The van der Waals surface area contributed by atoms with Gasteiger partial charge in [-0.3, -0.25) is 0 Å². The zero-order chi connectivity index (χ0) is 55.3. The number of hydrogen-bond donors (Lipinski definition) is 0. The molecular formula is C78H69N3. The van der Waals surface area contributed by atoms with E-state index in [-0.39, 0.29) is 16.2 Å². The van der Waals surface area contributed by atoms with E-state index in [1.807, 2.05) is 0 Å². The molecule has 0 aliphatic heterocycles. The van der Waals surface area contributed by atoms with E-state index in [2.05, 4.69) is 278 Å². The molecule has 1 aromatic heterocycles. The summed E-state index contributed by atoms with van der Waals surface area (Å²) in [6, 6.07) is 73.7. The van der Waals surface area contributed by atoms with Gasteiger partial charge in [0.15, 0.2) is 17.5 Å². The van der Waals surface area contributed by atoms with E-state index in [0.717, 1.165) is 71.9 Å². The van der Waals surface area contributed by atoms with Gasteiger partial charge in [-0.2, -0.15) is 0 Å². The average molecular weight is 1050 g/mol. The minimum atomic E-state index is 0.0421. The number of fused-ring (bicyclic) bond motifs is 9. The Kier molecular flexibility index (Phi) is 13.4. The SMILES string of the molecule is CCC1(CC)c2ccccc2-c2ccc(/C=C/c3ccc(-c4nc(-c5ccc(/C=C/c6ccc7c(c6)C(CC)(CC)c6ccccc6-7)cc5)nc(-c5ccc(/C=C/c6ccc7c(c6)C(CC)(CC)c6ccccc6-7)cc5)n4)cc3)cc21. The van der Waals surface area contributed by atoms with Crippen molar-refractivity contribution in [1.82, 2.24) is 15.0 Å². The van der Waals surface area contributed by atoms with Gasteiger partial charge in [0.25, 0.3) is 0 Å². The molecule has 3 aliphatic rings. The van der Waals surface area contributed by atoms with E-state index in [9.17, 15) is 0 Å². The third-order valence-electron chi connectivity index (χ3n) is 19.0. The second-order valence-corrected chi connectivity index (χ2v) is 22.6. The Morgan fingerprint density at radius 1 is 0.247 bits per heavy atom. The Morgan fingerprint density at radius 2 is 0.469 bits per heavy atom. The topological polar surface area (TPSA) is 38.7 Å². The number of nitrogens with zero attached hydrogens (tertiary/aromatic N) is 3. The number of hydrogen-bond acceptors (Lipinski definition) is 3. The van der Waals surface area contributed by atoms with Crippen LogP contribution in [0.5, 0.6) is 0 Å². The van der Waals surface area contributed by atoms with Crippen LogP contribution < -0.4 is 0 Å². The van der Waals surface area contributed by atoms with Gasteiger partial charge < -0.3 is 0 Å². The van der Waals surface area contributed by atoms with Gasteiger partial charge in [0.05, 0.1) is 0 Å². The van der Waals surface area contributed by atoms with Crippen LogP contribution in [0.25, 0.3) is 104 Å². The van der Waals surface area contributed by atoms with Crippen molar-refractivity contribution in [2.24, 2.45) is 0 Å². The lowest BCUT2D eigenvalue weighted by atomic mass is 9.73. The van der Waals surface area contributed by atoms with Crippen LogP contribution in [0.1, 0.15) is 147 Å². The molecular weight excluding hydrogens is 979 g/mol. The summed E-state index contributed by atoms with van der Waals surface area (Å²) in [5.41, 5.74) is 26.8. The van der Waals surface area contributed by atoms with Crippen LogP contribution in [-0.4, -0.2) is 15.0 Å². The minimum Gasteiger partial charge on any atom is -0.208 e. The lowest BCUT2D eigenvalue weighted by Crippen LogP contribution is -2.23. The van der Waals surface area contributed by atoms with E-state index >= 15 is 0 Å². The summed E-state index contributed by atoms with van der Waals surface area (Å²) in [5.74, 6) is 1.90. The molecule has 1 heterocycles. The Morgan fingerprint density at radius 3 is 0.728 bits per heavy atom. The largest absolute Gasteiger partial charge is 0.208 e. The third-order valence-corrected chi connectivity index (χ3v) is 19.0. The van der Waals surface area contributed by atoms with Crippen molar-refractivity contribution >= 4 is 36.5 Å². The van der Waals surface area contributed by atoms with Gasteiger partial charge in [0.2, 0.25) is 0 Å². The molecule has 0 amide bonds. The number of rotatable bonds is 15. The zero-order valence-corrected chi connectivity index (χ0v) is 47.6. The Bertz CT molecular complexity index is 3660. The lowest BCUT2D eigenvalue weighted by Gasteiger charge is -2.29. The molecule has 3 aliphatic carbocycles. The average Bonchev–Trinajstić information content (AvgIpc) is 4.29. The molecule has 3 nitrogen and oxygen atoms in total. The monoisotopic (exact) mass is 1050 g/mol. The highest BCUT2D eigenvalue weighted by Crippen LogP contribution is 2.55. The highest BCUT2D eigenvalue weighted by Gasteiger charge is 2.42. The molecule has 81 heavy (non-hydrogen) atoms. The van der Waals surface area contributed by atoms with Crippen LogP contribution >= 0.6 is 0 Å². The molecule has 0 saturated heterocycles. The second kappa shape index (κ2) is 21.0. The van der Waals surface area contributed by atoms with Crippen LogP contribution in [0.15, 0.2) is 200 Å². The van der Waals surface area contributed by atoms with Crippen molar-refractivity contribution in [1.29, 1.82) is 0 Å². The van der Waals surface area contributed by atoms with Crippen molar-refractivity contribution < 1.29 is 0 Å². The third kappa shape index (κ3) is 8.68. The fourth-order valence-electron chi connectivity index (χ4n) is 14.3. The first-order valence-corrected chi connectivity index (χ1v) is 29.6. The summed E-state index contributed by atoms with van der Waals surface area (Å²) in [6.45, 7) is 14.0. The standard InChI is InChI=1S/C78H69N3/c1-7-76(8-2)67-22-16-13-19-61(67)64-46-37-55(49-70(64)76)28-25-52-31-40-58(41-32-52)73-79-74(59-42-33-53(34-43-59)26-29-56-38-47-65-62-20-14-17-23-68(62)77(9-3,10-4)71(65)50-56)81-75(80-73)60-44-35-54(36-45-60)27-30-57-39-48-66-63-21-15-18-24-69(63)78(11-5,12-6)72(66)51-57/h13-51H,7-12H2,1-6H3/b28-25+,29-26+,30-27+. The molecule has 0 fully saturated rings. The summed E-state index contributed by atoms with van der Waals surface area (Å²) >= 11 is 0. The fourth-order valence-corrected chi connectivity index (χ4v) is 14.3. The molecule has 0 N–H and O–H groups in total. The van der Waals surface area contributed by atoms with E-state index in [1.165, 1.54) is 83.5 Å². The van der Waals surface area contributed by atoms with Gasteiger partial charge >= 0.3 is 0 Å². The van der Waals surface area contributed by atoms with Crippen molar-refractivity contribution in [3.05, 3.63) is 267 Å². The Hall–Kier alpha value is -8.79. The van der Waals surface area contributed by atoms with E-state index in [0.29, 0.717) is 17.5 Å². The predicted octanol–water partition coefficient (Wildman–Crippen LogP) is 20.6. The predicted molar refractivity (Wildman–Crippen MR) is 343 cm³/mol. The van der Waals surface area contributed by atoms with Gasteiger partial charge in [0.1, 0.15) is 0 Å². The molecule has 3 heteroatoms. The van der Waals surface area contributed by atoms with Crippen molar-refractivity contribution in [3.63, 3.8) is 0 Å². The first kappa shape index (κ1) is 51.6. The molecule has 9 aromatic carbocycles. The van der Waals surface area contributed by atoms with Crippen LogP contribution in [-0.2, 0) is 16.2 Å². The number of aromatic nitrogens is 3. The van der Waals surface area contributed by atoms with Gasteiger partial charge in [-0.05, 0) is 139 Å². The summed E-state index contributed by atoms with van der Waals surface area (Å²) in [6.07, 6.45) is 19.8. The molecule has 0 atom stereocenters. The van der Waals surface area contributed by atoms with Gasteiger partial charge in [-0.15, -0.1) is 0 Å². The molecule has 396 valence electrons. The smallest absolute Gasteiger partial charge is 0.164 e. The van der Waals surface area contributed by atoms with Crippen molar-refractivity contribution in [3.8, 4) is 67.5 Å². The Balaban J connectivity index is 0.792. The van der Waals surface area contributed by atoms with Crippen LogP contribution in [0.2, 0.25) is 0 Å². The van der Waals surface area contributed by atoms with Gasteiger partial charge in [-0.1, -0.05) is 278 Å². The van der Waals surface area contributed by atoms with Gasteiger partial charge in [-0.25, -0.2) is 15.0 Å². The quantitative estimate of drug-likeness (QED) is 0.0961. The molecule has 0 unspecified atom stereocenters. The second-order valence-electron chi connectivity index (χ2n) is 22.6. The van der Waals surface area contributed by atoms with Gasteiger partial charge in [0, 0.05) is 32.9 Å². The molecule has 0 saturated carbocycles. The normalized spacial score (nSPS) is 14.7. The number of benzene rings is 9. The van der Waals surface area contributed by atoms with E-state index in [4.69, 9.17) is 15.0 Å². The van der Waals surface area contributed by atoms with Crippen LogP contribution in [0.3, 0.4) is 0 Å². The van der Waals surface area contributed by atoms with E-state index < -0.39 is 0 Å². The Labute approximate surface area is 479 Å². The lowest BCUT2D eigenvalue weighted by molar-refractivity contribution is 0.490. The first-order valence-electron chi connectivity index (χ1n) is 29.6. The maximum Gasteiger partial charge on any atom is 0.164 e. The van der Waals surface area contributed by atoms with Crippen LogP contribution in [0, 0.1) is 0 Å². The minimum absolute atomic E-state index is 0.0421. The summed E-state index contributed by atoms with van der Waals surface area (Å²) in [7, 11) is 0. The molecule has 0 radical (unpaired) electrons. The maximum atomic E-state index is 5.18. The fraction of sp³-hybridized carbons (Fsp3) is 0.192. The van der Waals surface area contributed by atoms with E-state index in [1.54, 1.807) is 0 Å². The summed E-state index contributed by atoms with van der Waals surface area (Å²) in [5, 5.41) is 0. The summed E-state index contributed by atoms with van der Waals surface area (Å²) in [4.78, 5) is 15.5.